The van der Waals surface area contributed by atoms with Gasteiger partial charge in [0.1, 0.15) is 0 Å². The van der Waals surface area contributed by atoms with Crippen molar-refractivity contribution in [2.45, 2.75) is 18.5 Å². The Morgan fingerprint density at radius 1 is 0.931 bits per heavy atom. The van der Waals surface area contributed by atoms with Gasteiger partial charge < -0.3 is 15.0 Å². The van der Waals surface area contributed by atoms with Crippen molar-refractivity contribution in [3.8, 4) is 11.3 Å². The monoisotopic (exact) mass is 415 g/mol. The maximum Gasteiger partial charge on any atom is 0.499 e. The first-order chi connectivity index (χ1) is 13.8. The summed E-state index contributed by atoms with van der Waals surface area (Å²) < 4.78 is 41.0. The molecule has 148 valence electrons. The van der Waals surface area contributed by atoms with Crippen molar-refractivity contribution in [2.24, 2.45) is 0 Å². The maximum atomic E-state index is 13.6. The van der Waals surface area contributed by atoms with E-state index in [1.54, 1.807) is 12.1 Å². The van der Waals surface area contributed by atoms with Crippen molar-refractivity contribution in [2.75, 3.05) is 0 Å². The highest BCUT2D eigenvalue weighted by Crippen LogP contribution is 2.44. The second-order valence-corrected chi connectivity index (χ2v) is 7.96. The molecule has 0 amide bonds. The molecule has 0 bridgehead atoms. The number of hydrogen-bond donors (Lipinski definition) is 3. The zero-order valence-electron chi connectivity index (χ0n) is 15.1. The van der Waals surface area contributed by atoms with Gasteiger partial charge >= 0.3 is 13.3 Å². The highest BCUT2D eigenvalue weighted by molar-refractivity contribution is 7.22. The van der Waals surface area contributed by atoms with Crippen LogP contribution in [0.2, 0.25) is 0 Å². The summed E-state index contributed by atoms with van der Waals surface area (Å²) in [5.74, 6) is -0.973. The summed E-state index contributed by atoms with van der Waals surface area (Å²) in [7, 11) is -1.71. The molecule has 4 aromatic rings. The average Bonchev–Trinajstić information content (AvgIpc) is 3.31. The van der Waals surface area contributed by atoms with Gasteiger partial charge in [0.2, 0.25) is 0 Å². The van der Waals surface area contributed by atoms with Crippen LogP contribution in [0.4, 0.5) is 13.2 Å². The summed E-state index contributed by atoms with van der Waals surface area (Å²) in [4.78, 5) is 3.72. The quantitative estimate of drug-likeness (QED) is 0.416. The minimum Gasteiger partial charge on any atom is -0.423 e. The Kier molecular flexibility index (Phi) is 5.25. The molecule has 0 spiro atoms. The van der Waals surface area contributed by atoms with E-state index in [-0.39, 0.29) is 4.78 Å². The highest BCUT2D eigenvalue weighted by atomic mass is 32.1. The lowest BCUT2D eigenvalue weighted by Gasteiger charge is -2.19. The van der Waals surface area contributed by atoms with Crippen LogP contribution in [-0.2, 0) is 0 Å². The van der Waals surface area contributed by atoms with E-state index in [9.17, 15) is 23.2 Å². The molecule has 0 fully saturated rings. The fourth-order valence-corrected chi connectivity index (χ4v) is 4.62. The Morgan fingerprint density at radius 3 is 2.28 bits per heavy atom. The number of aromatic amines is 1. The van der Waals surface area contributed by atoms with Crippen LogP contribution in [0.25, 0.3) is 22.2 Å². The van der Waals surface area contributed by atoms with Gasteiger partial charge in [0.05, 0.1) is 12.1 Å². The van der Waals surface area contributed by atoms with E-state index < -0.39 is 25.6 Å². The largest absolute Gasteiger partial charge is 0.499 e. The van der Waals surface area contributed by atoms with Gasteiger partial charge in [-0.3, -0.25) is 0 Å². The molecule has 3 N–H and O–H groups in total. The summed E-state index contributed by atoms with van der Waals surface area (Å²) in [5, 5.41) is 19.6. The van der Waals surface area contributed by atoms with Crippen LogP contribution in [0.3, 0.4) is 0 Å². The van der Waals surface area contributed by atoms with Crippen LogP contribution in [-0.4, -0.2) is 28.3 Å². The SMILES string of the molecule is OB(O)c1ccc(C(CC(F)(F)F)c2c(-c3ccccc3)[nH]c3ccccc23)s1. The van der Waals surface area contributed by atoms with Gasteiger partial charge in [0, 0.05) is 26.5 Å². The Labute approximate surface area is 169 Å². The second-order valence-electron chi connectivity index (χ2n) is 6.81. The average molecular weight is 415 g/mol. The van der Waals surface area contributed by atoms with Crippen LogP contribution < -0.4 is 4.78 Å². The smallest absolute Gasteiger partial charge is 0.423 e. The Balaban J connectivity index is 1.96. The molecule has 29 heavy (non-hydrogen) atoms. The van der Waals surface area contributed by atoms with Crippen molar-refractivity contribution in [1.29, 1.82) is 0 Å². The number of para-hydroxylation sites is 1. The summed E-state index contributed by atoms with van der Waals surface area (Å²) in [6.45, 7) is 0. The molecular weight excluding hydrogens is 398 g/mol. The van der Waals surface area contributed by atoms with Crippen LogP contribution in [0, 0.1) is 0 Å². The molecule has 2 heterocycles. The van der Waals surface area contributed by atoms with Gasteiger partial charge in [0.15, 0.2) is 0 Å². The molecule has 2 aromatic heterocycles. The summed E-state index contributed by atoms with van der Waals surface area (Å²) in [5.41, 5.74) is 2.75. The fraction of sp³-hybridized carbons (Fsp3) is 0.143. The molecule has 1 unspecified atom stereocenters. The molecule has 4 rings (SSSR count). The third kappa shape index (κ3) is 4.10. The number of alkyl halides is 3. The molecule has 0 aliphatic rings. The van der Waals surface area contributed by atoms with Crippen LogP contribution in [0.15, 0.2) is 66.7 Å². The lowest BCUT2D eigenvalue weighted by Crippen LogP contribution is -2.26. The molecule has 0 saturated heterocycles. The van der Waals surface area contributed by atoms with Gasteiger partial charge in [-0.05, 0) is 23.3 Å². The third-order valence-corrected chi connectivity index (χ3v) is 6.08. The number of rotatable bonds is 5. The van der Waals surface area contributed by atoms with Crippen molar-refractivity contribution < 1.29 is 23.2 Å². The topological polar surface area (TPSA) is 56.2 Å². The van der Waals surface area contributed by atoms with Crippen LogP contribution in [0.5, 0.6) is 0 Å². The number of halogens is 3. The Morgan fingerprint density at radius 2 is 1.62 bits per heavy atom. The maximum absolute atomic E-state index is 13.6. The van der Waals surface area contributed by atoms with Crippen LogP contribution in [0.1, 0.15) is 22.8 Å². The third-order valence-electron chi connectivity index (χ3n) is 4.84. The van der Waals surface area contributed by atoms with Gasteiger partial charge in [0.25, 0.3) is 0 Å². The second kappa shape index (κ2) is 7.70. The molecule has 3 nitrogen and oxygen atoms in total. The standard InChI is InChI=1S/C21H17BF3NO2S/c23-21(24,25)12-15(17-10-11-18(29-17)22(27)28)19-14-8-4-5-9-16(14)26-20(19)13-6-2-1-3-7-13/h1-11,15,26-28H,12H2. The Hall–Kier alpha value is -2.55. The fourth-order valence-electron chi connectivity index (χ4n) is 3.63. The van der Waals surface area contributed by atoms with E-state index in [2.05, 4.69) is 4.98 Å². The van der Waals surface area contributed by atoms with Gasteiger partial charge in [-0.2, -0.15) is 13.2 Å². The molecule has 0 radical (unpaired) electrons. The normalized spacial score (nSPS) is 13.0. The zero-order chi connectivity index (χ0) is 20.6. The predicted octanol–water partition coefficient (Wildman–Crippen LogP) is 4.66. The first-order valence-electron chi connectivity index (χ1n) is 9.02. The minimum absolute atomic E-state index is 0.216. The number of hydrogen-bond acceptors (Lipinski definition) is 3. The van der Waals surface area contributed by atoms with Crippen molar-refractivity contribution in [3.05, 3.63) is 77.2 Å². The van der Waals surface area contributed by atoms with Gasteiger partial charge in [-0.1, -0.05) is 54.6 Å². The van der Waals surface area contributed by atoms with Gasteiger partial charge in [-0.15, -0.1) is 11.3 Å². The lowest BCUT2D eigenvalue weighted by atomic mass is 9.88. The van der Waals surface area contributed by atoms with E-state index in [0.717, 1.165) is 27.8 Å². The first kappa shape index (κ1) is 19.8. The molecule has 0 aliphatic carbocycles. The zero-order valence-corrected chi connectivity index (χ0v) is 16.0. The van der Waals surface area contributed by atoms with Crippen LogP contribution >= 0.6 is 11.3 Å². The summed E-state index contributed by atoms with van der Waals surface area (Å²) in [6, 6.07) is 19.6. The Bertz CT molecular complexity index is 1120. The number of aromatic nitrogens is 1. The van der Waals surface area contributed by atoms with Crippen molar-refractivity contribution in [3.63, 3.8) is 0 Å². The lowest BCUT2D eigenvalue weighted by molar-refractivity contribution is -0.136. The van der Waals surface area contributed by atoms with E-state index >= 15 is 0 Å². The summed E-state index contributed by atoms with van der Waals surface area (Å²) >= 11 is 0.987. The number of benzene rings is 2. The molecule has 0 saturated carbocycles. The van der Waals surface area contributed by atoms with E-state index in [1.165, 1.54) is 6.07 Å². The highest BCUT2D eigenvalue weighted by Gasteiger charge is 2.37. The van der Waals surface area contributed by atoms with Crippen molar-refractivity contribution in [1.82, 2.24) is 4.98 Å². The van der Waals surface area contributed by atoms with E-state index in [0.29, 0.717) is 16.1 Å². The minimum atomic E-state index is -4.39. The molecule has 8 heteroatoms. The van der Waals surface area contributed by atoms with Crippen molar-refractivity contribution >= 4 is 34.1 Å². The number of fused-ring (bicyclic) bond motifs is 1. The number of H-pyrrole nitrogens is 1. The van der Waals surface area contributed by atoms with E-state index in [4.69, 9.17) is 0 Å². The molecule has 0 aliphatic heterocycles. The van der Waals surface area contributed by atoms with Gasteiger partial charge in [-0.25, -0.2) is 0 Å². The number of thiophene rings is 1. The summed E-state index contributed by atoms with van der Waals surface area (Å²) in [6.07, 6.45) is -5.44. The van der Waals surface area contributed by atoms with E-state index in [1.807, 2.05) is 48.5 Å². The molecule has 1 atom stereocenters. The first-order valence-corrected chi connectivity index (χ1v) is 9.83. The molecular formula is C21H17BF3NO2S. The molecule has 2 aromatic carbocycles. The number of nitrogens with one attached hydrogen (secondary N) is 1. The predicted molar refractivity (Wildman–Crippen MR) is 110 cm³/mol.